The Morgan fingerprint density at radius 2 is 1.79 bits per heavy atom. The lowest BCUT2D eigenvalue weighted by molar-refractivity contribution is 0.600. The fraction of sp³-hybridized carbons (Fsp3) is 0.200. The van der Waals surface area contributed by atoms with E-state index in [-0.39, 0.29) is 28.9 Å². The van der Waals surface area contributed by atoms with Gasteiger partial charge in [-0.3, -0.25) is 15.1 Å². The van der Waals surface area contributed by atoms with Crippen molar-refractivity contribution in [3.8, 4) is 33.9 Å². The molecule has 0 fully saturated rings. The SMILES string of the molecule is CCNCc1cncc(-c2ncc3[nH]nc(-c4nc5c(-c6cc(F)cc(CCS(C)(=O)=O)c6)cccc5[nH]4)c3c2F)c1. The first kappa shape index (κ1) is 27.6. The zero-order valence-electron chi connectivity index (χ0n) is 22.9. The van der Waals surface area contributed by atoms with Crippen LogP contribution in [-0.4, -0.2) is 57.1 Å². The molecule has 3 N–H and O–H groups in total. The first-order valence-corrected chi connectivity index (χ1v) is 15.4. The van der Waals surface area contributed by atoms with Crippen LogP contribution in [0.5, 0.6) is 0 Å². The molecule has 9 nitrogen and oxygen atoms in total. The number of para-hydroxylation sites is 1. The molecule has 4 aromatic heterocycles. The van der Waals surface area contributed by atoms with Gasteiger partial charge >= 0.3 is 0 Å². The summed E-state index contributed by atoms with van der Waals surface area (Å²) >= 11 is 0. The predicted octanol–water partition coefficient (Wildman–Crippen LogP) is 5.21. The molecule has 0 aliphatic rings. The first-order chi connectivity index (χ1) is 20.2. The summed E-state index contributed by atoms with van der Waals surface area (Å²) in [5.74, 6) is -0.794. The monoisotopic (exact) mass is 587 g/mol. The summed E-state index contributed by atoms with van der Waals surface area (Å²) in [6.07, 6.45) is 6.17. The van der Waals surface area contributed by atoms with Crippen molar-refractivity contribution in [2.24, 2.45) is 0 Å². The molecule has 0 saturated heterocycles. The number of nitrogens with one attached hydrogen (secondary N) is 3. The third-order valence-corrected chi connectivity index (χ3v) is 7.90. The van der Waals surface area contributed by atoms with E-state index >= 15 is 4.39 Å². The molecule has 12 heteroatoms. The van der Waals surface area contributed by atoms with Gasteiger partial charge in [0.1, 0.15) is 27.0 Å². The number of aromatic amines is 2. The Balaban J connectivity index is 1.42. The summed E-state index contributed by atoms with van der Waals surface area (Å²) < 4.78 is 54.0. The van der Waals surface area contributed by atoms with Crippen LogP contribution in [0.3, 0.4) is 0 Å². The van der Waals surface area contributed by atoms with Crippen LogP contribution in [0, 0.1) is 11.6 Å². The second-order valence-electron chi connectivity index (χ2n) is 10.2. The number of fused-ring (bicyclic) bond motifs is 2. The van der Waals surface area contributed by atoms with Crippen LogP contribution in [0.15, 0.2) is 61.1 Å². The molecule has 0 radical (unpaired) electrons. The second-order valence-corrected chi connectivity index (χ2v) is 12.4. The summed E-state index contributed by atoms with van der Waals surface area (Å²) in [6, 6.07) is 11.8. The number of hydrogen-bond donors (Lipinski definition) is 3. The van der Waals surface area contributed by atoms with Crippen LogP contribution < -0.4 is 5.32 Å². The van der Waals surface area contributed by atoms with Crippen LogP contribution in [0.1, 0.15) is 18.1 Å². The zero-order chi connectivity index (χ0) is 29.4. The van der Waals surface area contributed by atoms with Gasteiger partial charge in [0.25, 0.3) is 0 Å². The van der Waals surface area contributed by atoms with Gasteiger partial charge in [0.05, 0.1) is 33.9 Å². The Kier molecular flexibility index (Phi) is 7.25. The van der Waals surface area contributed by atoms with Crippen molar-refractivity contribution in [1.29, 1.82) is 0 Å². The molecular formula is C30H27F2N7O2S. The highest BCUT2D eigenvalue weighted by Gasteiger charge is 2.21. The molecule has 4 heterocycles. The van der Waals surface area contributed by atoms with E-state index in [9.17, 15) is 12.8 Å². The van der Waals surface area contributed by atoms with Crippen LogP contribution in [0.25, 0.3) is 55.8 Å². The van der Waals surface area contributed by atoms with Crippen molar-refractivity contribution in [3.63, 3.8) is 0 Å². The summed E-state index contributed by atoms with van der Waals surface area (Å²) in [7, 11) is -3.21. The van der Waals surface area contributed by atoms with E-state index in [0.29, 0.717) is 51.2 Å². The highest BCUT2D eigenvalue weighted by Crippen LogP contribution is 2.35. The first-order valence-electron chi connectivity index (χ1n) is 13.3. The van der Waals surface area contributed by atoms with Gasteiger partial charge in [-0.2, -0.15) is 5.10 Å². The standard InChI is InChI=1S/C30H27F2N7O2S/c1-3-33-13-18-10-20(15-34-14-18)27-26(32)25-24(16-35-27)38-39-29(25)30-36-23-6-4-5-22(28(23)37-30)19-9-17(11-21(31)12-19)7-8-42(2,40)41/h4-6,9-12,14-16,33H,3,7-8,13H2,1-2H3,(H,36,37)(H,38,39). The number of pyridine rings is 2. The number of halogens is 2. The quantitative estimate of drug-likeness (QED) is 0.212. The average Bonchev–Trinajstić information content (AvgIpc) is 3.59. The summed E-state index contributed by atoms with van der Waals surface area (Å²) in [4.78, 5) is 16.6. The Labute approximate surface area is 240 Å². The van der Waals surface area contributed by atoms with Crippen LogP contribution in [-0.2, 0) is 22.8 Å². The molecule has 0 aliphatic carbocycles. The lowest BCUT2D eigenvalue weighted by Crippen LogP contribution is -2.11. The van der Waals surface area contributed by atoms with Crippen molar-refractivity contribution >= 4 is 31.8 Å². The number of rotatable bonds is 9. The molecular weight excluding hydrogens is 560 g/mol. The largest absolute Gasteiger partial charge is 0.337 e. The molecule has 214 valence electrons. The van der Waals surface area contributed by atoms with Gasteiger partial charge in [0, 0.05) is 36.3 Å². The highest BCUT2D eigenvalue weighted by atomic mass is 32.2. The van der Waals surface area contributed by atoms with E-state index < -0.39 is 21.5 Å². The van der Waals surface area contributed by atoms with E-state index in [1.165, 1.54) is 18.3 Å². The van der Waals surface area contributed by atoms with Gasteiger partial charge in [0.2, 0.25) is 0 Å². The maximum absolute atomic E-state index is 16.1. The Hall–Kier alpha value is -4.55. The Morgan fingerprint density at radius 1 is 0.952 bits per heavy atom. The van der Waals surface area contributed by atoms with E-state index in [1.54, 1.807) is 30.6 Å². The zero-order valence-corrected chi connectivity index (χ0v) is 23.7. The van der Waals surface area contributed by atoms with Crippen molar-refractivity contribution < 1.29 is 17.2 Å². The number of sulfone groups is 1. The number of benzene rings is 2. The minimum Gasteiger partial charge on any atom is -0.337 e. The van der Waals surface area contributed by atoms with E-state index in [2.05, 4.69) is 30.5 Å². The van der Waals surface area contributed by atoms with Crippen LogP contribution in [0.2, 0.25) is 0 Å². The number of imidazole rings is 1. The van der Waals surface area contributed by atoms with Crippen molar-refractivity contribution in [2.45, 2.75) is 19.9 Å². The number of aryl methyl sites for hydroxylation is 1. The van der Waals surface area contributed by atoms with E-state index in [0.717, 1.165) is 18.4 Å². The highest BCUT2D eigenvalue weighted by molar-refractivity contribution is 7.90. The lowest BCUT2D eigenvalue weighted by atomic mass is 10.0. The maximum Gasteiger partial charge on any atom is 0.161 e. The van der Waals surface area contributed by atoms with Crippen molar-refractivity contribution in [1.82, 2.24) is 35.5 Å². The summed E-state index contributed by atoms with van der Waals surface area (Å²) in [5, 5.41) is 10.7. The smallest absolute Gasteiger partial charge is 0.161 e. The molecule has 0 saturated carbocycles. The van der Waals surface area contributed by atoms with Gasteiger partial charge in [-0.15, -0.1) is 0 Å². The molecule has 6 aromatic rings. The molecule has 0 bridgehead atoms. The molecule has 0 amide bonds. The number of H-pyrrole nitrogens is 2. The van der Waals surface area contributed by atoms with E-state index in [4.69, 9.17) is 4.98 Å². The molecule has 0 unspecified atom stereocenters. The van der Waals surface area contributed by atoms with Crippen LogP contribution in [0.4, 0.5) is 8.78 Å². The summed E-state index contributed by atoms with van der Waals surface area (Å²) in [6.45, 7) is 3.40. The van der Waals surface area contributed by atoms with Gasteiger partial charge in [-0.25, -0.2) is 22.2 Å². The molecule has 42 heavy (non-hydrogen) atoms. The minimum absolute atomic E-state index is 0.0860. The predicted molar refractivity (Wildman–Crippen MR) is 158 cm³/mol. The minimum atomic E-state index is -3.21. The van der Waals surface area contributed by atoms with Gasteiger partial charge in [-0.05, 0) is 53.9 Å². The van der Waals surface area contributed by atoms with Crippen LogP contribution >= 0.6 is 0 Å². The lowest BCUT2D eigenvalue weighted by Gasteiger charge is -2.07. The summed E-state index contributed by atoms with van der Waals surface area (Å²) in [5.41, 5.74) is 5.22. The normalized spacial score (nSPS) is 12.0. The van der Waals surface area contributed by atoms with Gasteiger partial charge in [0.15, 0.2) is 11.6 Å². The topological polar surface area (TPSA) is 129 Å². The van der Waals surface area contributed by atoms with E-state index in [1.807, 2.05) is 19.1 Å². The Bertz CT molecular complexity index is 2050. The Morgan fingerprint density at radius 3 is 2.60 bits per heavy atom. The fourth-order valence-electron chi connectivity index (χ4n) is 4.96. The third-order valence-electron chi connectivity index (χ3n) is 6.96. The molecule has 2 aromatic carbocycles. The number of aromatic nitrogens is 6. The molecule has 0 atom stereocenters. The molecule has 6 rings (SSSR count). The second kappa shape index (κ2) is 11.0. The van der Waals surface area contributed by atoms with Gasteiger partial charge < -0.3 is 10.3 Å². The maximum atomic E-state index is 16.1. The van der Waals surface area contributed by atoms with Crippen molar-refractivity contribution in [2.75, 3.05) is 18.6 Å². The number of hydrogen-bond acceptors (Lipinski definition) is 7. The third kappa shape index (κ3) is 5.50. The van der Waals surface area contributed by atoms with Crippen molar-refractivity contribution in [3.05, 3.63) is 83.8 Å². The fourth-order valence-corrected chi connectivity index (χ4v) is 5.57. The molecule has 0 spiro atoms. The number of nitrogens with zero attached hydrogens (tertiary/aromatic N) is 4. The molecule has 0 aliphatic heterocycles. The average molecular weight is 588 g/mol. The van der Waals surface area contributed by atoms with Gasteiger partial charge in [-0.1, -0.05) is 25.1 Å².